The van der Waals surface area contributed by atoms with Crippen LogP contribution in [0.2, 0.25) is 0 Å². The molecule has 0 spiro atoms. The molecule has 1 N–H and O–H groups in total. The molecule has 0 saturated heterocycles. The van der Waals surface area contributed by atoms with Crippen LogP contribution in [0.25, 0.3) is 0 Å². The van der Waals surface area contributed by atoms with E-state index >= 15 is 0 Å². The molecule has 1 heterocycles. The van der Waals surface area contributed by atoms with E-state index in [9.17, 15) is 4.79 Å². The van der Waals surface area contributed by atoms with E-state index in [1.54, 1.807) is 18.5 Å². The molecular weight excluding hydrogens is 260 g/mol. The number of carboxylic acid groups (broad SMARTS) is 1. The summed E-state index contributed by atoms with van der Waals surface area (Å²) >= 11 is 0. The molecule has 2 aromatic rings. The molecule has 2 rings (SSSR count). The maximum Gasteiger partial charge on any atom is 0.335 e. The van der Waals surface area contributed by atoms with E-state index in [2.05, 4.69) is 9.97 Å². The highest BCUT2D eigenvalue weighted by molar-refractivity contribution is 5.88. The minimum atomic E-state index is -1.02. The molecule has 0 amide bonds. The van der Waals surface area contributed by atoms with E-state index in [1.807, 2.05) is 6.92 Å². The largest absolute Gasteiger partial charge is 0.493 e. The molecule has 104 valence electrons. The molecule has 6 nitrogen and oxygen atoms in total. The van der Waals surface area contributed by atoms with Gasteiger partial charge in [0.2, 0.25) is 0 Å². The van der Waals surface area contributed by atoms with Crippen LogP contribution in [0.5, 0.6) is 11.5 Å². The van der Waals surface area contributed by atoms with Crippen LogP contribution in [0, 0.1) is 6.92 Å². The minimum absolute atomic E-state index is 0.135. The summed E-state index contributed by atoms with van der Waals surface area (Å²) in [7, 11) is 1.50. The van der Waals surface area contributed by atoms with Crippen molar-refractivity contribution in [2.24, 2.45) is 0 Å². The van der Waals surface area contributed by atoms with Gasteiger partial charge in [0.05, 0.1) is 30.3 Å². The number of ether oxygens (including phenoxy) is 2. The number of hydrogen-bond donors (Lipinski definition) is 1. The normalized spacial score (nSPS) is 10.1. The lowest BCUT2D eigenvalue weighted by Crippen LogP contribution is -2.03. The van der Waals surface area contributed by atoms with Crippen molar-refractivity contribution in [1.82, 2.24) is 9.97 Å². The number of aryl methyl sites for hydroxylation is 1. The van der Waals surface area contributed by atoms with Crippen LogP contribution in [0.3, 0.4) is 0 Å². The average molecular weight is 274 g/mol. The molecule has 0 aliphatic carbocycles. The third-order valence-corrected chi connectivity index (χ3v) is 2.59. The molecule has 0 radical (unpaired) electrons. The van der Waals surface area contributed by atoms with Gasteiger partial charge in [-0.1, -0.05) is 0 Å². The van der Waals surface area contributed by atoms with Gasteiger partial charge in [-0.2, -0.15) is 0 Å². The number of carboxylic acids is 1. The molecule has 0 fully saturated rings. The molecular formula is C14H14N2O4. The fourth-order valence-electron chi connectivity index (χ4n) is 1.66. The standard InChI is InChI=1S/C14H14N2O4/c1-9-6-15-7-11(16-9)8-20-13-5-10(14(17)18)3-4-12(13)19-2/h3-7H,8H2,1-2H3,(H,17,18). The van der Waals surface area contributed by atoms with Gasteiger partial charge >= 0.3 is 5.97 Å². The zero-order valence-electron chi connectivity index (χ0n) is 11.2. The molecule has 0 unspecified atom stereocenters. The van der Waals surface area contributed by atoms with Crippen molar-refractivity contribution in [2.75, 3.05) is 7.11 Å². The van der Waals surface area contributed by atoms with Crippen molar-refractivity contribution in [3.8, 4) is 11.5 Å². The summed E-state index contributed by atoms with van der Waals surface area (Å²) in [6.45, 7) is 2.02. The summed E-state index contributed by atoms with van der Waals surface area (Å²) in [6.07, 6.45) is 3.25. The fraction of sp³-hybridized carbons (Fsp3) is 0.214. The van der Waals surface area contributed by atoms with E-state index in [0.717, 1.165) is 5.69 Å². The summed E-state index contributed by atoms with van der Waals surface area (Å²) in [4.78, 5) is 19.2. The lowest BCUT2D eigenvalue weighted by molar-refractivity contribution is 0.0696. The van der Waals surface area contributed by atoms with Crippen LogP contribution in [-0.2, 0) is 6.61 Å². The molecule has 20 heavy (non-hydrogen) atoms. The highest BCUT2D eigenvalue weighted by atomic mass is 16.5. The number of methoxy groups -OCH3 is 1. The lowest BCUT2D eigenvalue weighted by atomic mass is 10.2. The predicted octanol–water partition coefficient (Wildman–Crippen LogP) is 2.07. The van der Waals surface area contributed by atoms with Crippen LogP contribution in [0.15, 0.2) is 30.6 Å². The Morgan fingerprint density at radius 2 is 2.10 bits per heavy atom. The van der Waals surface area contributed by atoms with Crippen LogP contribution in [-0.4, -0.2) is 28.2 Å². The topological polar surface area (TPSA) is 81.5 Å². The Hall–Kier alpha value is -2.63. The Morgan fingerprint density at radius 1 is 1.30 bits per heavy atom. The maximum absolute atomic E-state index is 11.0. The first-order chi connectivity index (χ1) is 9.60. The van der Waals surface area contributed by atoms with Crippen LogP contribution < -0.4 is 9.47 Å². The summed E-state index contributed by atoms with van der Waals surface area (Å²) in [5, 5.41) is 8.98. The Kier molecular flexibility index (Phi) is 4.14. The number of nitrogens with zero attached hydrogens (tertiary/aromatic N) is 2. The summed E-state index contributed by atoms with van der Waals surface area (Å²) in [5.41, 5.74) is 1.58. The maximum atomic E-state index is 11.0. The molecule has 1 aromatic carbocycles. The average Bonchev–Trinajstić information content (AvgIpc) is 2.44. The molecule has 0 atom stereocenters. The zero-order valence-corrected chi connectivity index (χ0v) is 11.2. The molecule has 0 aliphatic rings. The molecule has 1 aromatic heterocycles. The smallest absolute Gasteiger partial charge is 0.335 e. The quantitative estimate of drug-likeness (QED) is 0.898. The summed E-state index contributed by atoms with van der Waals surface area (Å²) < 4.78 is 10.7. The van der Waals surface area contributed by atoms with Gasteiger partial charge in [-0.3, -0.25) is 9.97 Å². The van der Waals surface area contributed by atoms with Crippen molar-refractivity contribution < 1.29 is 19.4 Å². The Bertz CT molecular complexity index is 628. The van der Waals surface area contributed by atoms with Gasteiger partial charge in [-0.25, -0.2) is 4.79 Å². The first-order valence-corrected chi connectivity index (χ1v) is 5.92. The number of aromatic nitrogens is 2. The van der Waals surface area contributed by atoms with E-state index in [-0.39, 0.29) is 12.2 Å². The van der Waals surface area contributed by atoms with E-state index in [0.29, 0.717) is 17.2 Å². The first kappa shape index (κ1) is 13.8. The van der Waals surface area contributed by atoms with Gasteiger partial charge in [-0.05, 0) is 25.1 Å². The van der Waals surface area contributed by atoms with Gasteiger partial charge in [-0.15, -0.1) is 0 Å². The molecule has 0 aliphatic heterocycles. The number of aromatic carboxylic acids is 1. The van der Waals surface area contributed by atoms with E-state index < -0.39 is 5.97 Å². The second kappa shape index (κ2) is 6.01. The molecule has 0 saturated carbocycles. The monoisotopic (exact) mass is 274 g/mol. The minimum Gasteiger partial charge on any atom is -0.493 e. The number of carbonyl (C=O) groups is 1. The summed E-state index contributed by atoms with van der Waals surface area (Å²) in [5.74, 6) is -0.195. The summed E-state index contributed by atoms with van der Waals surface area (Å²) in [6, 6.07) is 4.44. The highest BCUT2D eigenvalue weighted by Gasteiger charge is 2.10. The molecule has 0 bridgehead atoms. The van der Waals surface area contributed by atoms with Crippen molar-refractivity contribution in [3.05, 3.63) is 47.5 Å². The Balaban J connectivity index is 2.19. The van der Waals surface area contributed by atoms with Gasteiger partial charge in [0.1, 0.15) is 6.61 Å². The molecule has 6 heteroatoms. The number of hydrogen-bond acceptors (Lipinski definition) is 5. The highest BCUT2D eigenvalue weighted by Crippen LogP contribution is 2.28. The van der Waals surface area contributed by atoms with Gasteiger partial charge in [0.15, 0.2) is 11.5 Å². The van der Waals surface area contributed by atoms with Gasteiger partial charge in [0.25, 0.3) is 0 Å². The van der Waals surface area contributed by atoms with E-state index in [4.69, 9.17) is 14.6 Å². The SMILES string of the molecule is COc1ccc(C(=O)O)cc1OCc1cncc(C)n1. The first-order valence-electron chi connectivity index (χ1n) is 5.92. The van der Waals surface area contributed by atoms with E-state index in [1.165, 1.54) is 19.2 Å². The second-order valence-corrected chi connectivity index (χ2v) is 4.11. The zero-order chi connectivity index (χ0) is 14.5. The van der Waals surface area contributed by atoms with Crippen molar-refractivity contribution in [3.63, 3.8) is 0 Å². The van der Waals surface area contributed by atoms with Crippen LogP contribution in [0.1, 0.15) is 21.7 Å². The second-order valence-electron chi connectivity index (χ2n) is 4.11. The van der Waals surface area contributed by atoms with Gasteiger partial charge in [0, 0.05) is 6.20 Å². The van der Waals surface area contributed by atoms with Crippen LogP contribution >= 0.6 is 0 Å². The fourth-order valence-corrected chi connectivity index (χ4v) is 1.66. The number of benzene rings is 1. The lowest BCUT2D eigenvalue weighted by Gasteiger charge is -2.11. The predicted molar refractivity (Wildman–Crippen MR) is 71.1 cm³/mol. The third kappa shape index (κ3) is 3.23. The third-order valence-electron chi connectivity index (χ3n) is 2.59. The number of rotatable bonds is 5. The van der Waals surface area contributed by atoms with Crippen molar-refractivity contribution >= 4 is 5.97 Å². The Morgan fingerprint density at radius 3 is 2.75 bits per heavy atom. The van der Waals surface area contributed by atoms with Crippen molar-refractivity contribution in [2.45, 2.75) is 13.5 Å². The van der Waals surface area contributed by atoms with Crippen LogP contribution in [0.4, 0.5) is 0 Å². The van der Waals surface area contributed by atoms with Crippen molar-refractivity contribution in [1.29, 1.82) is 0 Å². The van der Waals surface area contributed by atoms with Gasteiger partial charge < -0.3 is 14.6 Å². The Labute approximate surface area is 116 Å².